The second-order valence-corrected chi connectivity index (χ2v) is 6.32. The van der Waals surface area contributed by atoms with Crippen LogP contribution >= 0.6 is 15.9 Å². The van der Waals surface area contributed by atoms with Gasteiger partial charge < -0.3 is 9.73 Å². The average Bonchev–Trinajstić information content (AvgIpc) is 2.80. The van der Waals surface area contributed by atoms with Crippen molar-refractivity contribution in [3.8, 4) is 0 Å². The second-order valence-electron chi connectivity index (χ2n) is 5.40. The van der Waals surface area contributed by atoms with Gasteiger partial charge in [0.05, 0.1) is 12.2 Å². The van der Waals surface area contributed by atoms with E-state index in [1.165, 1.54) is 5.56 Å². The number of aromatic nitrogens is 1. The Labute approximate surface area is 135 Å². The average molecular weight is 351 g/mol. The Morgan fingerprint density at radius 1 is 1.24 bits per heavy atom. The van der Waals surface area contributed by atoms with Crippen molar-refractivity contribution >= 4 is 15.9 Å². The highest BCUT2D eigenvalue weighted by Crippen LogP contribution is 2.14. The molecule has 1 N–H and O–H groups in total. The fourth-order valence-electron chi connectivity index (χ4n) is 2.29. The minimum absolute atomic E-state index is 0.487. The molecular weight excluding hydrogens is 328 g/mol. The number of hydrogen-bond acceptors (Lipinski definition) is 3. The lowest BCUT2D eigenvalue weighted by Gasteiger charge is -2.15. The molecule has 0 aliphatic heterocycles. The fourth-order valence-corrected chi connectivity index (χ4v) is 2.55. The molecule has 21 heavy (non-hydrogen) atoms. The van der Waals surface area contributed by atoms with Crippen LogP contribution in [0, 0.1) is 13.8 Å². The summed E-state index contributed by atoms with van der Waals surface area (Å²) in [7, 11) is 0. The third-order valence-electron chi connectivity index (χ3n) is 3.80. The van der Waals surface area contributed by atoms with Crippen LogP contribution in [-0.2, 0) is 13.0 Å². The maximum Gasteiger partial charge on any atom is 0.208 e. The minimum Gasteiger partial charge on any atom is -0.444 e. The summed E-state index contributed by atoms with van der Waals surface area (Å²) in [5, 5.41) is 3.54. The molecule has 1 atom stereocenters. The molecule has 2 aromatic rings. The largest absolute Gasteiger partial charge is 0.444 e. The summed E-state index contributed by atoms with van der Waals surface area (Å²) in [6.45, 7) is 6.85. The van der Waals surface area contributed by atoms with E-state index in [2.05, 4.69) is 57.4 Å². The van der Waals surface area contributed by atoms with E-state index in [9.17, 15) is 0 Å². The van der Waals surface area contributed by atoms with Gasteiger partial charge in [0.25, 0.3) is 0 Å². The molecule has 1 aromatic heterocycles. The molecule has 114 valence electrons. The first-order chi connectivity index (χ1) is 10.1. The van der Waals surface area contributed by atoms with E-state index in [1.807, 2.05) is 13.8 Å². The third-order valence-corrected chi connectivity index (χ3v) is 4.33. The zero-order chi connectivity index (χ0) is 15.2. The van der Waals surface area contributed by atoms with Crippen LogP contribution in [0.5, 0.6) is 0 Å². The highest BCUT2D eigenvalue weighted by Gasteiger charge is 2.10. The molecule has 0 spiro atoms. The zero-order valence-corrected chi connectivity index (χ0v) is 14.5. The summed E-state index contributed by atoms with van der Waals surface area (Å²) in [6, 6.07) is 9.04. The molecule has 0 aliphatic carbocycles. The number of rotatable bonds is 7. The summed E-state index contributed by atoms with van der Waals surface area (Å²) in [4.78, 5) is 4.41. The number of benzene rings is 1. The van der Waals surface area contributed by atoms with Gasteiger partial charge in [0.1, 0.15) is 5.76 Å². The van der Waals surface area contributed by atoms with Crippen molar-refractivity contribution in [3.63, 3.8) is 0 Å². The van der Waals surface area contributed by atoms with E-state index in [0.717, 1.165) is 41.1 Å². The molecule has 3 nitrogen and oxygen atoms in total. The Morgan fingerprint density at radius 2 is 1.95 bits per heavy atom. The van der Waals surface area contributed by atoms with E-state index in [-0.39, 0.29) is 0 Å². The molecule has 0 radical (unpaired) electrons. The van der Waals surface area contributed by atoms with Crippen LogP contribution < -0.4 is 5.32 Å². The lowest BCUT2D eigenvalue weighted by molar-refractivity contribution is 0.403. The summed E-state index contributed by atoms with van der Waals surface area (Å²) < 4.78 is 6.74. The van der Waals surface area contributed by atoms with Crippen LogP contribution in [0.15, 0.2) is 33.2 Å². The first-order valence-electron chi connectivity index (χ1n) is 7.49. The number of nitrogens with zero attached hydrogens (tertiary/aromatic N) is 1. The van der Waals surface area contributed by atoms with Crippen molar-refractivity contribution in [3.05, 3.63) is 51.6 Å². The maximum absolute atomic E-state index is 5.61. The lowest BCUT2D eigenvalue weighted by atomic mass is 10.0. The van der Waals surface area contributed by atoms with Crippen LogP contribution in [0.2, 0.25) is 0 Å². The van der Waals surface area contributed by atoms with E-state index in [1.54, 1.807) is 0 Å². The molecule has 0 bridgehead atoms. The molecule has 1 aromatic carbocycles. The van der Waals surface area contributed by atoms with Gasteiger partial charge in [-0.15, -0.1) is 0 Å². The van der Waals surface area contributed by atoms with Gasteiger partial charge in [0.2, 0.25) is 5.89 Å². The highest BCUT2D eigenvalue weighted by atomic mass is 79.9. The Kier molecular flexibility index (Phi) is 6.00. The van der Waals surface area contributed by atoms with Gasteiger partial charge in [0.15, 0.2) is 0 Å². The number of nitrogens with one attached hydrogen (secondary N) is 1. The van der Waals surface area contributed by atoms with Crippen molar-refractivity contribution in [2.24, 2.45) is 0 Å². The monoisotopic (exact) mass is 350 g/mol. The summed E-state index contributed by atoms with van der Waals surface area (Å²) in [5.41, 5.74) is 2.36. The molecule has 0 aliphatic rings. The third kappa shape index (κ3) is 4.97. The molecule has 1 heterocycles. The van der Waals surface area contributed by atoms with Crippen molar-refractivity contribution in [2.45, 2.75) is 52.6 Å². The van der Waals surface area contributed by atoms with Gasteiger partial charge in [-0.2, -0.15) is 0 Å². The Hall–Kier alpha value is -1.13. The van der Waals surface area contributed by atoms with Gasteiger partial charge in [-0.05, 0) is 50.8 Å². The van der Waals surface area contributed by atoms with Gasteiger partial charge in [0, 0.05) is 10.5 Å². The minimum atomic E-state index is 0.487. The molecule has 0 unspecified atom stereocenters. The van der Waals surface area contributed by atoms with Gasteiger partial charge >= 0.3 is 0 Å². The summed E-state index contributed by atoms with van der Waals surface area (Å²) in [6.07, 6.45) is 3.31. The van der Waals surface area contributed by atoms with Gasteiger partial charge in [-0.25, -0.2) is 4.98 Å². The first-order valence-corrected chi connectivity index (χ1v) is 8.28. The SMILES string of the molecule is CC[C@@H](CCc1ccc(Br)cc1)NCc1nc(C)c(C)o1. The molecule has 0 fully saturated rings. The number of aryl methyl sites for hydroxylation is 3. The Balaban J connectivity index is 1.81. The number of halogens is 1. The smallest absolute Gasteiger partial charge is 0.208 e. The molecule has 0 saturated carbocycles. The number of oxazole rings is 1. The quantitative estimate of drug-likeness (QED) is 0.795. The topological polar surface area (TPSA) is 38.1 Å². The van der Waals surface area contributed by atoms with E-state index in [0.29, 0.717) is 12.6 Å². The Bertz CT molecular complexity index is 543. The summed E-state index contributed by atoms with van der Waals surface area (Å²) >= 11 is 3.47. The Morgan fingerprint density at radius 3 is 2.52 bits per heavy atom. The van der Waals surface area contributed by atoms with Crippen LogP contribution in [0.4, 0.5) is 0 Å². The van der Waals surface area contributed by atoms with Crippen molar-refractivity contribution in [1.82, 2.24) is 10.3 Å². The summed E-state index contributed by atoms with van der Waals surface area (Å²) in [5.74, 6) is 1.70. The second kappa shape index (κ2) is 7.76. The predicted molar refractivity (Wildman–Crippen MR) is 89.4 cm³/mol. The normalized spacial score (nSPS) is 12.6. The van der Waals surface area contributed by atoms with E-state index < -0.39 is 0 Å². The molecule has 0 saturated heterocycles. The molecule has 4 heteroatoms. The fraction of sp³-hybridized carbons (Fsp3) is 0.471. The van der Waals surface area contributed by atoms with Crippen molar-refractivity contribution < 1.29 is 4.42 Å². The predicted octanol–water partition coefficient (Wildman–Crippen LogP) is 4.55. The standard InChI is InChI=1S/C17H23BrN2O/c1-4-16(10-7-14-5-8-15(18)9-6-14)19-11-17-20-12(2)13(3)21-17/h5-6,8-9,16,19H,4,7,10-11H2,1-3H3/t16-/m0/s1. The van der Waals surface area contributed by atoms with Gasteiger partial charge in [-0.3, -0.25) is 0 Å². The maximum atomic E-state index is 5.61. The lowest BCUT2D eigenvalue weighted by Crippen LogP contribution is -2.28. The number of hydrogen-bond donors (Lipinski definition) is 1. The van der Waals surface area contributed by atoms with Crippen LogP contribution in [0.1, 0.15) is 42.7 Å². The first kappa shape index (κ1) is 16.2. The van der Waals surface area contributed by atoms with Gasteiger partial charge in [-0.1, -0.05) is 35.0 Å². The van der Waals surface area contributed by atoms with Crippen LogP contribution in [-0.4, -0.2) is 11.0 Å². The molecule has 2 rings (SSSR count). The van der Waals surface area contributed by atoms with E-state index in [4.69, 9.17) is 4.42 Å². The van der Waals surface area contributed by atoms with Crippen molar-refractivity contribution in [2.75, 3.05) is 0 Å². The van der Waals surface area contributed by atoms with E-state index >= 15 is 0 Å². The highest BCUT2D eigenvalue weighted by molar-refractivity contribution is 9.10. The molecular formula is C17H23BrN2O. The van der Waals surface area contributed by atoms with Crippen LogP contribution in [0.25, 0.3) is 0 Å². The van der Waals surface area contributed by atoms with Crippen molar-refractivity contribution in [1.29, 1.82) is 0 Å². The molecule has 0 amide bonds. The van der Waals surface area contributed by atoms with Crippen LogP contribution in [0.3, 0.4) is 0 Å². The zero-order valence-electron chi connectivity index (χ0n) is 12.9.